The molecule has 19 heteroatoms. The first kappa shape index (κ1) is 49.2. The summed E-state index contributed by atoms with van der Waals surface area (Å²) in [5.74, 6) is 3.50. The molecule has 0 aliphatic carbocycles. The SMILES string of the molecule is COC(=O)c1cc(-c2ccc3c(N4CCOC[C@@H]4C)nc(N4CCOC[C@@H]4C)nc3n2)ccc1OC.COc1ccc(-c2ccc3c(N4CCOC[C@@H]4C)nc(N4CCOC[C@@H]4C)nc3n2)cc1C(C)=O. The van der Waals surface area contributed by atoms with Crippen LogP contribution in [0.25, 0.3) is 44.6 Å². The van der Waals surface area contributed by atoms with Crippen LogP contribution in [0.3, 0.4) is 0 Å². The zero-order valence-corrected chi connectivity index (χ0v) is 41.7. The number of fused-ring (bicyclic) bond motifs is 2. The van der Waals surface area contributed by atoms with Gasteiger partial charge in [0.2, 0.25) is 11.9 Å². The topological polar surface area (TPSA) is 189 Å². The van der Waals surface area contributed by atoms with Crippen LogP contribution in [0.5, 0.6) is 11.5 Å². The van der Waals surface area contributed by atoms with E-state index in [2.05, 4.69) is 47.3 Å². The molecule has 0 spiro atoms. The summed E-state index contributed by atoms with van der Waals surface area (Å²) in [5, 5.41) is 1.77. The number of pyridine rings is 2. The van der Waals surface area contributed by atoms with Crippen molar-refractivity contribution in [2.45, 2.75) is 58.8 Å². The average Bonchev–Trinajstić information content (AvgIpc) is 3.40. The van der Waals surface area contributed by atoms with Gasteiger partial charge in [0.15, 0.2) is 17.1 Å². The third-order valence-electron chi connectivity index (χ3n) is 13.4. The molecule has 4 atom stereocenters. The fraction of sp³-hybridized carbons (Fsp3) is 0.462. The number of ether oxygens (including phenoxy) is 7. The van der Waals surface area contributed by atoms with Gasteiger partial charge in [-0.2, -0.15) is 19.9 Å². The molecule has 0 bridgehead atoms. The van der Waals surface area contributed by atoms with Crippen molar-refractivity contribution in [3.05, 3.63) is 71.8 Å². The molecule has 4 saturated heterocycles. The molecule has 0 unspecified atom stereocenters. The van der Waals surface area contributed by atoms with E-state index in [1.165, 1.54) is 21.1 Å². The lowest BCUT2D eigenvalue weighted by atomic mass is 10.0. The zero-order chi connectivity index (χ0) is 49.8. The molecule has 6 aromatic rings. The first-order valence-corrected chi connectivity index (χ1v) is 24.2. The Morgan fingerprint density at radius 2 is 0.901 bits per heavy atom. The number of carbonyl (C=O) groups is 2. The summed E-state index contributed by atoms with van der Waals surface area (Å²) in [6.07, 6.45) is 0. The Labute approximate surface area is 413 Å². The molecule has 374 valence electrons. The van der Waals surface area contributed by atoms with Crippen LogP contribution in [-0.4, -0.2) is 166 Å². The Morgan fingerprint density at radius 1 is 0.507 bits per heavy atom. The number of ketones is 1. The Morgan fingerprint density at radius 3 is 1.28 bits per heavy atom. The number of hydrogen-bond acceptors (Lipinski definition) is 19. The molecule has 0 saturated carbocycles. The highest BCUT2D eigenvalue weighted by Gasteiger charge is 2.30. The molecular weight excluding hydrogens is 909 g/mol. The second-order valence-corrected chi connectivity index (χ2v) is 18.2. The van der Waals surface area contributed by atoms with Crippen LogP contribution in [0.2, 0.25) is 0 Å². The van der Waals surface area contributed by atoms with Crippen LogP contribution in [0.1, 0.15) is 55.3 Å². The van der Waals surface area contributed by atoms with E-state index in [0.29, 0.717) is 111 Å². The van der Waals surface area contributed by atoms with Crippen molar-refractivity contribution in [1.82, 2.24) is 29.9 Å². The summed E-state index contributed by atoms with van der Waals surface area (Å²) >= 11 is 0. The van der Waals surface area contributed by atoms with Gasteiger partial charge in [-0.25, -0.2) is 14.8 Å². The maximum atomic E-state index is 12.3. The molecule has 8 heterocycles. The first-order valence-electron chi connectivity index (χ1n) is 24.2. The molecular formula is C52H62N10O9. The molecule has 10 rings (SSSR count). The monoisotopic (exact) mass is 970 g/mol. The van der Waals surface area contributed by atoms with E-state index >= 15 is 0 Å². The van der Waals surface area contributed by atoms with Gasteiger partial charge < -0.3 is 52.8 Å². The van der Waals surface area contributed by atoms with E-state index in [1.807, 2.05) is 42.5 Å². The molecule has 4 aromatic heterocycles. The van der Waals surface area contributed by atoms with Gasteiger partial charge in [0.05, 0.1) is 126 Å². The standard InChI is InChI=1S/C26H31N5O5.C26H31N5O4/c1-16-14-35-11-9-30(16)24-19-6-7-21(18-5-8-22(33-3)20(13-18)25(32)34-4)27-23(19)28-26(29-24)31-10-12-36-15-17(31)2;1-16-14-34-11-9-30(16)25-20-6-7-22(19-5-8-23(33-4)21(13-19)18(3)32)27-24(20)28-26(29-25)31-10-12-35-15-17(31)2/h5-8,13,16-17H,9-12,14-15H2,1-4H3;5-8,13,16-17H,9-12,14-15H2,1-4H3/t2*16-,17-/m00/s1. The van der Waals surface area contributed by atoms with Gasteiger partial charge in [-0.15, -0.1) is 0 Å². The molecule has 4 fully saturated rings. The minimum absolute atomic E-state index is 0.0565. The molecule has 0 N–H and O–H groups in total. The van der Waals surface area contributed by atoms with E-state index in [-0.39, 0.29) is 30.0 Å². The molecule has 0 amide bonds. The van der Waals surface area contributed by atoms with Crippen molar-refractivity contribution in [1.29, 1.82) is 0 Å². The summed E-state index contributed by atoms with van der Waals surface area (Å²) in [7, 11) is 4.44. The third-order valence-corrected chi connectivity index (χ3v) is 13.4. The van der Waals surface area contributed by atoms with E-state index in [0.717, 1.165) is 58.9 Å². The van der Waals surface area contributed by atoms with Crippen LogP contribution in [0.4, 0.5) is 23.5 Å². The lowest BCUT2D eigenvalue weighted by Crippen LogP contribution is -2.46. The normalized spacial score (nSPS) is 20.6. The lowest BCUT2D eigenvalue weighted by molar-refractivity contribution is 0.0597. The predicted molar refractivity (Wildman–Crippen MR) is 270 cm³/mol. The largest absolute Gasteiger partial charge is 0.496 e. The lowest BCUT2D eigenvalue weighted by Gasteiger charge is -2.37. The Bertz CT molecular complexity index is 2910. The van der Waals surface area contributed by atoms with E-state index < -0.39 is 5.97 Å². The van der Waals surface area contributed by atoms with Gasteiger partial charge in [-0.1, -0.05) is 0 Å². The smallest absolute Gasteiger partial charge is 0.341 e. The summed E-state index contributed by atoms with van der Waals surface area (Å²) in [4.78, 5) is 63.1. The number of carbonyl (C=O) groups excluding carboxylic acids is 2. The van der Waals surface area contributed by atoms with Gasteiger partial charge in [0, 0.05) is 37.3 Å². The minimum atomic E-state index is -0.469. The maximum Gasteiger partial charge on any atom is 0.341 e. The van der Waals surface area contributed by atoms with Gasteiger partial charge in [-0.3, -0.25) is 4.79 Å². The number of methoxy groups -OCH3 is 3. The molecule has 19 nitrogen and oxygen atoms in total. The Balaban J connectivity index is 0.000000176. The zero-order valence-electron chi connectivity index (χ0n) is 41.7. The summed E-state index contributed by atoms with van der Waals surface area (Å²) in [6.45, 7) is 18.1. The van der Waals surface area contributed by atoms with Gasteiger partial charge in [0.25, 0.3) is 0 Å². The molecule has 4 aliphatic rings. The average molecular weight is 971 g/mol. The van der Waals surface area contributed by atoms with Gasteiger partial charge >= 0.3 is 5.97 Å². The summed E-state index contributed by atoms with van der Waals surface area (Å²) in [5.41, 5.74) is 5.12. The number of Topliss-reactive ketones (excluding diaryl/α,β-unsaturated/α-hetero) is 1. The van der Waals surface area contributed by atoms with Crippen molar-refractivity contribution >= 4 is 57.4 Å². The number of nitrogens with zero attached hydrogens (tertiary/aromatic N) is 10. The number of aromatic nitrogens is 6. The maximum absolute atomic E-state index is 12.3. The fourth-order valence-electron chi connectivity index (χ4n) is 9.39. The third kappa shape index (κ3) is 10.4. The highest BCUT2D eigenvalue weighted by molar-refractivity contribution is 5.98. The van der Waals surface area contributed by atoms with Gasteiger partial charge in [0.1, 0.15) is 28.7 Å². The summed E-state index contributed by atoms with van der Waals surface area (Å²) in [6, 6.07) is 19.5. The minimum Gasteiger partial charge on any atom is -0.496 e. The van der Waals surface area contributed by atoms with Crippen LogP contribution in [-0.2, 0) is 23.7 Å². The summed E-state index contributed by atoms with van der Waals surface area (Å²) < 4.78 is 38.2. The number of esters is 1. The van der Waals surface area contributed by atoms with Crippen molar-refractivity contribution < 1.29 is 42.7 Å². The van der Waals surface area contributed by atoms with Crippen LogP contribution in [0, 0.1) is 0 Å². The second kappa shape index (κ2) is 21.7. The molecule has 2 aromatic carbocycles. The van der Waals surface area contributed by atoms with Crippen molar-refractivity contribution in [2.75, 3.05) is 120 Å². The fourth-order valence-corrected chi connectivity index (χ4v) is 9.39. The van der Waals surface area contributed by atoms with Crippen molar-refractivity contribution in [2.24, 2.45) is 0 Å². The van der Waals surface area contributed by atoms with Crippen molar-refractivity contribution in [3.63, 3.8) is 0 Å². The van der Waals surface area contributed by atoms with Crippen molar-refractivity contribution in [3.8, 4) is 34.0 Å². The predicted octanol–water partition coefficient (Wildman–Crippen LogP) is 6.29. The first-order chi connectivity index (χ1) is 34.5. The van der Waals surface area contributed by atoms with Crippen LogP contribution >= 0.6 is 0 Å². The van der Waals surface area contributed by atoms with Gasteiger partial charge in [-0.05, 0) is 95.3 Å². The van der Waals surface area contributed by atoms with E-state index in [9.17, 15) is 9.59 Å². The highest BCUT2D eigenvalue weighted by atomic mass is 16.5. The highest BCUT2D eigenvalue weighted by Crippen LogP contribution is 2.35. The van der Waals surface area contributed by atoms with E-state index in [4.69, 9.17) is 63.1 Å². The number of anilines is 4. The number of morpholine rings is 4. The van der Waals surface area contributed by atoms with E-state index in [1.54, 1.807) is 25.3 Å². The second-order valence-electron chi connectivity index (χ2n) is 18.2. The number of benzene rings is 2. The quantitative estimate of drug-likeness (QED) is 0.110. The van der Waals surface area contributed by atoms with Crippen LogP contribution in [0.15, 0.2) is 60.7 Å². The molecule has 4 aliphatic heterocycles. The Hall–Kier alpha value is -6.80. The van der Waals surface area contributed by atoms with Crippen LogP contribution < -0.4 is 29.1 Å². The number of rotatable bonds is 10. The molecule has 71 heavy (non-hydrogen) atoms. The number of hydrogen-bond donors (Lipinski definition) is 0. The molecule has 0 radical (unpaired) electrons. The Kier molecular flexibility index (Phi) is 15.0.